The number of allylic oxidation sites excluding steroid dienone is 5. The van der Waals surface area contributed by atoms with Crippen molar-refractivity contribution in [1.29, 1.82) is 0 Å². The van der Waals surface area contributed by atoms with Gasteiger partial charge in [-0.15, -0.1) is 0 Å². The maximum absolute atomic E-state index is 12.4. The number of hydrogen-bond acceptors (Lipinski definition) is 6. The van der Waals surface area contributed by atoms with Crippen molar-refractivity contribution in [2.24, 2.45) is 0 Å². The zero-order valence-corrected chi connectivity index (χ0v) is 15.5. The van der Waals surface area contributed by atoms with E-state index in [1.54, 1.807) is 13.0 Å². The topological polar surface area (TPSA) is 67.8 Å². The lowest BCUT2D eigenvalue weighted by Crippen LogP contribution is -2.34. The summed E-state index contributed by atoms with van der Waals surface area (Å²) in [6.45, 7) is 5.77. The van der Waals surface area contributed by atoms with Gasteiger partial charge in [-0.05, 0) is 18.6 Å². The summed E-state index contributed by atoms with van der Waals surface area (Å²) >= 11 is 1.22. The van der Waals surface area contributed by atoms with Crippen LogP contribution in [0.3, 0.4) is 0 Å². The number of nitrogens with one attached hydrogen (secondary N) is 1. The molecule has 0 aromatic heterocycles. The lowest BCUT2D eigenvalue weighted by molar-refractivity contribution is -0.110. The largest absolute Gasteiger partial charge is 0.488 e. The van der Waals surface area contributed by atoms with Gasteiger partial charge in [-0.2, -0.15) is 0 Å². The molecule has 2 aliphatic heterocycles. The molecule has 0 aromatic carbocycles. The normalized spacial score (nSPS) is 21.0. The molecule has 0 unspecified atom stereocenters. The summed E-state index contributed by atoms with van der Waals surface area (Å²) in [6, 6.07) is 0. The summed E-state index contributed by atoms with van der Waals surface area (Å²) < 4.78 is 23.0. The number of ether oxygens (including phenoxy) is 2. The highest BCUT2D eigenvalue weighted by Crippen LogP contribution is 2.32. The number of carbonyl (C=O) groups excluding carboxylic acids is 1. The molecule has 0 aromatic rings. The minimum Gasteiger partial charge on any atom is -0.488 e. The van der Waals surface area contributed by atoms with Crippen LogP contribution in [0, 0.1) is 11.8 Å². The highest BCUT2D eigenvalue weighted by molar-refractivity contribution is 8.08. The first kappa shape index (κ1) is 20.3. The fourth-order valence-corrected chi connectivity index (χ4v) is 3.25. The molecule has 2 heterocycles. The molecule has 0 radical (unpaired) electrons. The average molecular weight is 379 g/mol. The van der Waals surface area contributed by atoms with Gasteiger partial charge in [-0.3, -0.25) is 4.79 Å². The number of aliphatic hydroxyl groups is 1. The summed E-state index contributed by atoms with van der Waals surface area (Å²) in [4.78, 5) is 12.4. The molecule has 7 heteroatoms. The van der Waals surface area contributed by atoms with E-state index >= 15 is 0 Å². The van der Waals surface area contributed by atoms with E-state index in [1.807, 2.05) is 0 Å². The molecule has 0 amide bonds. The van der Waals surface area contributed by atoms with Crippen molar-refractivity contribution in [2.75, 3.05) is 26.5 Å². The molecule has 0 atom stereocenters. The molecule has 1 saturated heterocycles. The van der Waals surface area contributed by atoms with Crippen molar-refractivity contribution < 1.29 is 23.8 Å². The molecule has 140 valence electrons. The van der Waals surface area contributed by atoms with Gasteiger partial charge in [0.25, 0.3) is 0 Å². The van der Waals surface area contributed by atoms with Crippen molar-refractivity contribution in [3.8, 4) is 11.8 Å². The first-order chi connectivity index (χ1) is 12.4. The predicted molar refractivity (Wildman–Crippen MR) is 99.5 cm³/mol. The number of thioether (sulfide) groups is 1. The van der Waals surface area contributed by atoms with Gasteiger partial charge in [-0.25, -0.2) is 4.39 Å². The van der Waals surface area contributed by atoms with Crippen molar-refractivity contribution in [2.45, 2.75) is 25.4 Å². The Labute approximate surface area is 157 Å². The molecule has 1 fully saturated rings. The van der Waals surface area contributed by atoms with Crippen LogP contribution in [-0.2, 0) is 14.3 Å². The molecule has 2 rings (SSSR count). The zero-order valence-electron chi connectivity index (χ0n) is 14.6. The lowest BCUT2D eigenvalue weighted by atomic mass is 9.95. The van der Waals surface area contributed by atoms with E-state index in [9.17, 15) is 14.3 Å². The Bertz CT molecular complexity index is 709. The fourth-order valence-electron chi connectivity index (χ4n) is 2.25. The van der Waals surface area contributed by atoms with E-state index in [0.29, 0.717) is 36.0 Å². The molecule has 26 heavy (non-hydrogen) atoms. The summed E-state index contributed by atoms with van der Waals surface area (Å²) in [5.41, 5.74) is -0.0435. The maximum atomic E-state index is 12.4. The first-order valence-corrected chi connectivity index (χ1v) is 8.98. The van der Waals surface area contributed by atoms with Crippen molar-refractivity contribution in [3.05, 3.63) is 46.2 Å². The van der Waals surface area contributed by atoms with Crippen LogP contribution in [0.15, 0.2) is 46.2 Å². The van der Waals surface area contributed by atoms with E-state index in [2.05, 4.69) is 23.7 Å². The van der Waals surface area contributed by atoms with Gasteiger partial charge >= 0.3 is 0 Å². The second-order valence-corrected chi connectivity index (χ2v) is 7.05. The molecule has 0 saturated carbocycles. The molecule has 0 spiro atoms. The van der Waals surface area contributed by atoms with Crippen LogP contribution in [0.1, 0.15) is 19.8 Å². The molecular weight excluding hydrogens is 357 g/mol. The molecule has 2 N–H and O–H groups in total. The van der Waals surface area contributed by atoms with Gasteiger partial charge in [0.05, 0.1) is 29.4 Å². The summed E-state index contributed by atoms with van der Waals surface area (Å²) in [6.07, 6.45) is 5.60. The molecule has 0 bridgehead atoms. The fraction of sp³-hybridized carbons (Fsp3) is 0.421. The van der Waals surface area contributed by atoms with Crippen molar-refractivity contribution in [1.82, 2.24) is 5.32 Å². The van der Waals surface area contributed by atoms with Gasteiger partial charge < -0.3 is 19.9 Å². The Morgan fingerprint density at radius 3 is 3.00 bits per heavy atom. The van der Waals surface area contributed by atoms with Crippen LogP contribution in [0.4, 0.5) is 4.39 Å². The Morgan fingerprint density at radius 1 is 1.58 bits per heavy atom. The molecule has 0 aliphatic carbocycles. The van der Waals surface area contributed by atoms with Crippen LogP contribution in [-0.4, -0.2) is 43.0 Å². The highest BCUT2D eigenvalue weighted by atomic mass is 32.2. The number of ketones is 1. The smallest absolute Gasteiger partial charge is 0.195 e. The van der Waals surface area contributed by atoms with E-state index in [4.69, 9.17) is 9.47 Å². The third kappa shape index (κ3) is 6.37. The zero-order chi connectivity index (χ0) is 19.0. The van der Waals surface area contributed by atoms with Gasteiger partial charge in [0.1, 0.15) is 18.9 Å². The van der Waals surface area contributed by atoms with E-state index in [0.717, 1.165) is 5.57 Å². The summed E-state index contributed by atoms with van der Waals surface area (Å²) in [7, 11) is 0. The van der Waals surface area contributed by atoms with Crippen LogP contribution in [0.25, 0.3) is 0 Å². The molecule has 2 aliphatic rings. The molecule has 5 nitrogen and oxygen atoms in total. The minimum absolute atomic E-state index is 0.145. The predicted octanol–water partition coefficient (Wildman–Crippen LogP) is 2.57. The third-order valence-corrected chi connectivity index (χ3v) is 4.59. The van der Waals surface area contributed by atoms with Gasteiger partial charge in [-0.1, -0.05) is 30.2 Å². The Morgan fingerprint density at radius 2 is 2.31 bits per heavy atom. The highest BCUT2D eigenvalue weighted by Gasteiger charge is 2.27. The van der Waals surface area contributed by atoms with Crippen LogP contribution in [0.2, 0.25) is 0 Å². The Hall–Kier alpha value is -2.01. The lowest BCUT2D eigenvalue weighted by Gasteiger charge is -2.26. The first-order valence-electron chi connectivity index (χ1n) is 8.17. The average Bonchev–Trinajstić information content (AvgIpc) is 2.94. The number of carbonyl (C=O) groups is 1. The van der Waals surface area contributed by atoms with Gasteiger partial charge in [0.15, 0.2) is 5.78 Å². The third-order valence-electron chi connectivity index (χ3n) is 3.61. The Kier molecular flexibility index (Phi) is 7.51. The van der Waals surface area contributed by atoms with Crippen LogP contribution in [0.5, 0.6) is 0 Å². The number of halogens is 1. The SMILES string of the molecule is C=C(CF)NC1=CC(=O)/C(=C/C(C)=C\OCC#CC2(O)CCOCC2)S1. The van der Waals surface area contributed by atoms with Gasteiger partial charge in [0.2, 0.25) is 0 Å². The quantitative estimate of drug-likeness (QED) is 0.320. The van der Waals surface area contributed by atoms with Gasteiger partial charge in [0, 0.05) is 24.6 Å². The second-order valence-electron chi connectivity index (χ2n) is 5.96. The van der Waals surface area contributed by atoms with Crippen molar-refractivity contribution >= 4 is 17.5 Å². The number of hydrogen-bond donors (Lipinski definition) is 2. The van der Waals surface area contributed by atoms with E-state index < -0.39 is 12.3 Å². The monoisotopic (exact) mass is 379 g/mol. The van der Waals surface area contributed by atoms with E-state index in [1.165, 1.54) is 24.1 Å². The standard InChI is InChI=1S/C19H22FNO4S/c1-14(10-17-16(22)11-18(26-17)21-15(2)12-20)13-25-7-3-4-19(23)5-8-24-9-6-19/h10-11,13,21,23H,2,5-9,12H2,1H3/b14-13-,17-10-. The summed E-state index contributed by atoms with van der Waals surface area (Å²) in [5.74, 6) is 5.48. The minimum atomic E-state index is -0.992. The number of alkyl halides is 1. The van der Waals surface area contributed by atoms with E-state index in [-0.39, 0.29) is 18.1 Å². The van der Waals surface area contributed by atoms with Crippen LogP contribution >= 0.6 is 11.8 Å². The van der Waals surface area contributed by atoms with Crippen LogP contribution < -0.4 is 5.32 Å². The maximum Gasteiger partial charge on any atom is 0.195 e. The summed E-state index contributed by atoms with van der Waals surface area (Å²) in [5, 5.41) is 13.5. The van der Waals surface area contributed by atoms with Crippen molar-refractivity contribution in [3.63, 3.8) is 0 Å². The molecular formula is C19H22FNO4S. The second kappa shape index (κ2) is 9.62. The Balaban J connectivity index is 1.82. The number of rotatable bonds is 6.